The third-order valence-electron chi connectivity index (χ3n) is 3.26. The molecule has 2 rings (SSSR count). The Hall–Kier alpha value is -1.87. The standard InChI is InChI=1S/C16H20N2O/c1-13(10-16-7-5-9-19-16)12-18(3)14(2)15-6-4-8-17-11-15/h4-11,14H,12H2,1-3H3/b13-10+/t14-/m0/s1. The summed E-state index contributed by atoms with van der Waals surface area (Å²) in [6, 6.07) is 8.30. The molecule has 100 valence electrons. The highest BCUT2D eigenvalue weighted by molar-refractivity contribution is 5.46. The first-order valence-corrected chi connectivity index (χ1v) is 6.47. The summed E-state index contributed by atoms with van der Waals surface area (Å²) in [4.78, 5) is 6.47. The molecule has 0 spiro atoms. The lowest BCUT2D eigenvalue weighted by Gasteiger charge is -2.25. The second kappa shape index (κ2) is 6.34. The molecular weight excluding hydrogens is 236 g/mol. The van der Waals surface area contributed by atoms with Gasteiger partial charge < -0.3 is 4.42 Å². The zero-order chi connectivity index (χ0) is 13.7. The lowest BCUT2D eigenvalue weighted by atomic mass is 10.1. The lowest BCUT2D eigenvalue weighted by molar-refractivity contribution is 0.283. The fraction of sp³-hybridized carbons (Fsp3) is 0.312. The molecular formula is C16H20N2O. The van der Waals surface area contributed by atoms with E-state index in [4.69, 9.17) is 4.42 Å². The molecule has 0 fully saturated rings. The maximum absolute atomic E-state index is 5.33. The minimum atomic E-state index is 0.341. The number of hydrogen-bond donors (Lipinski definition) is 0. The molecule has 2 aromatic heterocycles. The Kier molecular flexibility index (Phi) is 4.53. The van der Waals surface area contributed by atoms with Crippen LogP contribution in [0.15, 0.2) is 52.9 Å². The molecule has 2 aromatic rings. The fourth-order valence-electron chi connectivity index (χ4n) is 2.07. The quantitative estimate of drug-likeness (QED) is 0.815. The molecule has 3 nitrogen and oxygen atoms in total. The van der Waals surface area contributed by atoms with Crippen molar-refractivity contribution in [2.45, 2.75) is 19.9 Å². The summed E-state index contributed by atoms with van der Waals surface area (Å²) in [5.74, 6) is 0.903. The Morgan fingerprint density at radius 3 is 2.89 bits per heavy atom. The van der Waals surface area contributed by atoms with Crippen molar-refractivity contribution >= 4 is 6.08 Å². The molecule has 1 atom stereocenters. The number of nitrogens with zero attached hydrogens (tertiary/aromatic N) is 2. The van der Waals surface area contributed by atoms with Crippen LogP contribution in [0.4, 0.5) is 0 Å². The highest BCUT2D eigenvalue weighted by Crippen LogP contribution is 2.19. The van der Waals surface area contributed by atoms with Gasteiger partial charge in [0.05, 0.1) is 6.26 Å². The van der Waals surface area contributed by atoms with Gasteiger partial charge in [-0.1, -0.05) is 11.6 Å². The smallest absolute Gasteiger partial charge is 0.126 e. The summed E-state index contributed by atoms with van der Waals surface area (Å²) in [6.45, 7) is 5.21. The Labute approximate surface area is 114 Å². The van der Waals surface area contributed by atoms with Gasteiger partial charge in [0, 0.05) is 25.0 Å². The van der Waals surface area contributed by atoms with Gasteiger partial charge in [-0.2, -0.15) is 0 Å². The van der Waals surface area contributed by atoms with E-state index in [1.165, 1.54) is 11.1 Å². The van der Waals surface area contributed by atoms with Crippen molar-refractivity contribution in [2.75, 3.05) is 13.6 Å². The number of aromatic nitrogens is 1. The summed E-state index contributed by atoms with van der Waals surface area (Å²) in [7, 11) is 2.12. The molecule has 0 aliphatic rings. The average Bonchev–Trinajstić information content (AvgIpc) is 2.91. The number of likely N-dealkylation sites (N-methyl/N-ethyl adjacent to an activating group) is 1. The molecule has 0 unspecified atom stereocenters. The van der Waals surface area contributed by atoms with E-state index in [2.05, 4.69) is 42.9 Å². The van der Waals surface area contributed by atoms with Crippen LogP contribution in [0.3, 0.4) is 0 Å². The predicted octanol–water partition coefficient (Wildman–Crippen LogP) is 3.77. The molecule has 0 saturated heterocycles. The highest BCUT2D eigenvalue weighted by Gasteiger charge is 2.11. The second-order valence-electron chi connectivity index (χ2n) is 4.88. The largest absolute Gasteiger partial charge is 0.465 e. The van der Waals surface area contributed by atoms with Gasteiger partial charge in [-0.3, -0.25) is 9.88 Å². The van der Waals surface area contributed by atoms with Gasteiger partial charge in [-0.05, 0) is 50.7 Å². The molecule has 19 heavy (non-hydrogen) atoms. The third kappa shape index (κ3) is 3.80. The Morgan fingerprint density at radius 1 is 1.42 bits per heavy atom. The SMILES string of the molecule is C/C(=C\c1ccco1)CN(C)[C@@H](C)c1cccnc1. The topological polar surface area (TPSA) is 29.3 Å². The van der Waals surface area contributed by atoms with Gasteiger partial charge in [0.15, 0.2) is 0 Å². The fourth-order valence-corrected chi connectivity index (χ4v) is 2.07. The van der Waals surface area contributed by atoms with E-state index in [0.717, 1.165) is 12.3 Å². The number of rotatable bonds is 5. The summed E-state index contributed by atoms with van der Waals surface area (Å²) >= 11 is 0. The lowest BCUT2D eigenvalue weighted by Crippen LogP contribution is -2.24. The maximum atomic E-state index is 5.33. The Balaban J connectivity index is 1.99. The Morgan fingerprint density at radius 2 is 2.26 bits per heavy atom. The van der Waals surface area contributed by atoms with E-state index in [1.54, 1.807) is 12.5 Å². The van der Waals surface area contributed by atoms with Crippen molar-refractivity contribution < 1.29 is 4.42 Å². The van der Waals surface area contributed by atoms with Crippen LogP contribution in [0.2, 0.25) is 0 Å². The van der Waals surface area contributed by atoms with Crippen LogP contribution in [0, 0.1) is 0 Å². The number of furan rings is 1. The maximum Gasteiger partial charge on any atom is 0.126 e. The van der Waals surface area contributed by atoms with Gasteiger partial charge in [0.1, 0.15) is 5.76 Å². The van der Waals surface area contributed by atoms with Crippen molar-refractivity contribution in [3.05, 3.63) is 59.8 Å². The molecule has 0 aliphatic heterocycles. The number of pyridine rings is 1. The van der Waals surface area contributed by atoms with Crippen LogP contribution in [0.5, 0.6) is 0 Å². The summed E-state index contributed by atoms with van der Waals surface area (Å²) in [5, 5.41) is 0. The van der Waals surface area contributed by atoms with Crippen LogP contribution in [0.1, 0.15) is 31.2 Å². The monoisotopic (exact) mass is 256 g/mol. The first-order valence-electron chi connectivity index (χ1n) is 6.47. The normalized spacial score (nSPS) is 13.8. The van der Waals surface area contributed by atoms with Crippen molar-refractivity contribution in [1.29, 1.82) is 0 Å². The second-order valence-corrected chi connectivity index (χ2v) is 4.88. The van der Waals surface area contributed by atoms with Crippen LogP contribution in [0.25, 0.3) is 6.08 Å². The molecule has 0 aliphatic carbocycles. The number of hydrogen-bond acceptors (Lipinski definition) is 3. The average molecular weight is 256 g/mol. The molecule has 0 aromatic carbocycles. The van der Waals surface area contributed by atoms with E-state index in [1.807, 2.05) is 24.4 Å². The van der Waals surface area contributed by atoms with Crippen LogP contribution >= 0.6 is 0 Å². The van der Waals surface area contributed by atoms with Crippen molar-refractivity contribution in [1.82, 2.24) is 9.88 Å². The minimum Gasteiger partial charge on any atom is -0.465 e. The first-order chi connectivity index (χ1) is 9.16. The molecule has 0 saturated carbocycles. The predicted molar refractivity (Wildman–Crippen MR) is 77.6 cm³/mol. The van der Waals surface area contributed by atoms with E-state index >= 15 is 0 Å². The van der Waals surface area contributed by atoms with Crippen molar-refractivity contribution in [2.24, 2.45) is 0 Å². The zero-order valence-corrected chi connectivity index (χ0v) is 11.7. The van der Waals surface area contributed by atoms with Gasteiger partial charge in [0.25, 0.3) is 0 Å². The summed E-state index contributed by atoms with van der Waals surface area (Å²) < 4.78 is 5.33. The summed E-state index contributed by atoms with van der Waals surface area (Å²) in [6.07, 6.45) is 7.50. The molecule has 3 heteroatoms. The highest BCUT2D eigenvalue weighted by atomic mass is 16.3. The van der Waals surface area contributed by atoms with Crippen molar-refractivity contribution in [3.8, 4) is 0 Å². The first kappa shape index (κ1) is 13.6. The molecule has 0 N–H and O–H groups in total. The van der Waals surface area contributed by atoms with E-state index < -0.39 is 0 Å². The minimum absolute atomic E-state index is 0.341. The molecule has 0 amide bonds. The van der Waals surface area contributed by atoms with Gasteiger partial charge in [-0.25, -0.2) is 0 Å². The van der Waals surface area contributed by atoms with Crippen LogP contribution in [-0.2, 0) is 0 Å². The van der Waals surface area contributed by atoms with E-state index in [-0.39, 0.29) is 0 Å². The molecule has 0 radical (unpaired) electrons. The molecule has 0 bridgehead atoms. The third-order valence-corrected chi connectivity index (χ3v) is 3.26. The zero-order valence-electron chi connectivity index (χ0n) is 11.7. The van der Waals surface area contributed by atoms with E-state index in [0.29, 0.717) is 6.04 Å². The molecule has 2 heterocycles. The van der Waals surface area contributed by atoms with Crippen LogP contribution in [-0.4, -0.2) is 23.5 Å². The van der Waals surface area contributed by atoms with E-state index in [9.17, 15) is 0 Å². The van der Waals surface area contributed by atoms with Gasteiger partial charge in [-0.15, -0.1) is 0 Å². The Bertz CT molecular complexity index is 517. The van der Waals surface area contributed by atoms with Gasteiger partial charge >= 0.3 is 0 Å². The van der Waals surface area contributed by atoms with Crippen LogP contribution < -0.4 is 0 Å². The summed E-state index contributed by atoms with van der Waals surface area (Å²) in [5.41, 5.74) is 2.50. The van der Waals surface area contributed by atoms with Crippen molar-refractivity contribution in [3.63, 3.8) is 0 Å². The van der Waals surface area contributed by atoms with Gasteiger partial charge in [0.2, 0.25) is 0 Å².